The molecule has 2 aliphatic rings. The largest absolute Gasteiger partial charge is 0.481 e. The fourth-order valence-corrected chi connectivity index (χ4v) is 3.83. The quantitative estimate of drug-likeness (QED) is 0.832. The Morgan fingerprint density at radius 3 is 2.40 bits per heavy atom. The lowest BCUT2D eigenvalue weighted by atomic mass is 9.69. The highest BCUT2D eigenvalue weighted by atomic mass is 16.4. The molecule has 1 unspecified atom stereocenters. The number of urea groups is 1. The van der Waals surface area contributed by atoms with Crippen LogP contribution >= 0.6 is 0 Å². The summed E-state index contributed by atoms with van der Waals surface area (Å²) in [6.07, 6.45) is 9.79. The highest BCUT2D eigenvalue weighted by Crippen LogP contribution is 2.49. The van der Waals surface area contributed by atoms with Crippen LogP contribution in [-0.4, -0.2) is 41.6 Å². The van der Waals surface area contributed by atoms with Crippen LogP contribution in [-0.2, 0) is 4.79 Å². The van der Waals surface area contributed by atoms with Crippen molar-refractivity contribution in [3.05, 3.63) is 0 Å². The lowest BCUT2D eigenvalue weighted by molar-refractivity contribution is -0.137. The highest BCUT2D eigenvalue weighted by Gasteiger charge is 2.43. The summed E-state index contributed by atoms with van der Waals surface area (Å²) in [4.78, 5) is 24.2. The van der Waals surface area contributed by atoms with Gasteiger partial charge in [0.05, 0.1) is 6.42 Å². The van der Waals surface area contributed by atoms with E-state index in [1.165, 1.54) is 49.8 Å². The van der Waals surface area contributed by atoms with Crippen LogP contribution in [0.4, 0.5) is 4.79 Å². The molecule has 2 aliphatic carbocycles. The summed E-state index contributed by atoms with van der Waals surface area (Å²) in [6.45, 7) is 0.265. The predicted molar refractivity (Wildman–Crippen MR) is 76.6 cm³/mol. The van der Waals surface area contributed by atoms with Crippen molar-refractivity contribution in [2.75, 3.05) is 13.6 Å². The molecule has 0 saturated heterocycles. The fourth-order valence-electron chi connectivity index (χ4n) is 3.83. The molecule has 5 nitrogen and oxygen atoms in total. The summed E-state index contributed by atoms with van der Waals surface area (Å²) in [5.41, 5.74) is 0.321. The van der Waals surface area contributed by atoms with E-state index in [0.29, 0.717) is 5.41 Å². The van der Waals surface area contributed by atoms with E-state index in [2.05, 4.69) is 5.32 Å². The molecule has 20 heavy (non-hydrogen) atoms. The number of nitrogens with one attached hydrogen (secondary N) is 1. The number of rotatable bonds is 4. The average Bonchev–Trinajstić information content (AvgIpc) is 2.88. The maximum atomic E-state index is 12.2. The van der Waals surface area contributed by atoms with Crippen LogP contribution in [0.15, 0.2) is 0 Å². The molecule has 2 fully saturated rings. The molecule has 0 bridgehead atoms. The first-order chi connectivity index (χ1) is 9.53. The van der Waals surface area contributed by atoms with Gasteiger partial charge < -0.3 is 15.3 Å². The second-order valence-electron chi connectivity index (χ2n) is 6.38. The Hall–Kier alpha value is -1.26. The number of hydrogen-bond donors (Lipinski definition) is 2. The Balaban J connectivity index is 1.90. The van der Waals surface area contributed by atoms with Gasteiger partial charge in [-0.2, -0.15) is 0 Å². The van der Waals surface area contributed by atoms with E-state index in [0.717, 1.165) is 6.42 Å². The zero-order valence-electron chi connectivity index (χ0n) is 12.4. The normalized spacial score (nSPS) is 24.6. The van der Waals surface area contributed by atoms with Gasteiger partial charge in [-0.15, -0.1) is 0 Å². The van der Waals surface area contributed by atoms with Gasteiger partial charge in [-0.25, -0.2) is 4.79 Å². The first-order valence-electron chi connectivity index (χ1n) is 7.77. The minimum absolute atomic E-state index is 0.000268. The van der Waals surface area contributed by atoms with Crippen LogP contribution in [0.25, 0.3) is 0 Å². The summed E-state index contributed by atoms with van der Waals surface area (Å²) >= 11 is 0. The topological polar surface area (TPSA) is 69.6 Å². The van der Waals surface area contributed by atoms with Gasteiger partial charge in [0.1, 0.15) is 0 Å². The number of carboxylic acids is 1. The molecular formula is C15H26N2O3. The summed E-state index contributed by atoms with van der Waals surface area (Å²) < 4.78 is 0. The molecule has 0 aromatic heterocycles. The molecule has 2 N–H and O–H groups in total. The maximum absolute atomic E-state index is 12.2. The van der Waals surface area contributed by atoms with Crippen molar-refractivity contribution in [1.82, 2.24) is 10.2 Å². The zero-order valence-corrected chi connectivity index (χ0v) is 12.4. The molecule has 1 atom stereocenters. The van der Waals surface area contributed by atoms with Crippen molar-refractivity contribution in [3.8, 4) is 0 Å². The van der Waals surface area contributed by atoms with Crippen LogP contribution in [0.1, 0.15) is 57.8 Å². The van der Waals surface area contributed by atoms with Gasteiger partial charge in [-0.1, -0.05) is 25.7 Å². The Kier molecular flexibility index (Phi) is 4.89. The second-order valence-corrected chi connectivity index (χ2v) is 6.38. The van der Waals surface area contributed by atoms with Gasteiger partial charge in [-0.3, -0.25) is 4.79 Å². The highest BCUT2D eigenvalue weighted by molar-refractivity contribution is 5.75. The maximum Gasteiger partial charge on any atom is 0.317 e. The van der Waals surface area contributed by atoms with Crippen LogP contribution < -0.4 is 5.32 Å². The zero-order chi connectivity index (χ0) is 14.6. The minimum Gasteiger partial charge on any atom is -0.481 e. The Bertz CT molecular complexity index is 364. The summed E-state index contributed by atoms with van der Waals surface area (Å²) in [5, 5.41) is 11.8. The SMILES string of the molecule is CN(CCC(=O)O)C(=O)NC1CCCCC12CCCC2. The smallest absolute Gasteiger partial charge is 0.317 e. The number of carboxylic acid groups (broad SMARTS) is 1. The number of nitrogens with zero attached hydrogens (tertiary/aromatic N) is 1. The average molecular weight is 282 g/mol. The van der Waals surface area contributed by atoms with E-state index in [9.17, 15) is 9.59 Å². The van der Waals surface area contributed by atoms with Crippen molar-refractivity contribution in [2.45, 2.75) is 63.8 Å². The molecule has 2 saturated carbocycles. The van der Waals surface area contributed by atoms with E-state index in [1.54, 1.807) is 7.05 Å². The molecule has 2 rings (SSSR count). The summed E-state index contributed by atoms with van der Waals surface area (Å²) in [6, 6.07) is 0.156. The van der Waals surface area contributed by atoms with E-state index in [1.807, 2.05) is 0 Å². The lowest BCUT2D eigenvalue weighted by Crippen LogP contribution is -2.52. The van der Waals surface area contributed by atoms with E-state index in [-0.39, 0.29) is 25.0 Å². The molecule has 1 spiro atoms. The monoisotopic (exact) mass is 282 g/mol. The first kappa shape index (κ1) is 15.1. The minimum atomic E-state index is -0.866. The third-order valence-electron chi connectivity index (χ3n) is 5.06. The van der Waals surface area contributed by atoms with Gasteiger partial charge in [0.15, 0.2) is 0 Å². The summed E-state index contributed by atoms with van der Waals surface area (Å²) in [5.74, 6) is -0.866. The van der Waals surface area contributed by atoms with E-state index >= 15 is 0 Å². The van der Waals surface area contributed by atoms with Gasteiger partial charge in [-0.05, 0) is 31.1 Å². The predicted octanol–water partition coefficient (Wildman–Crippen LogP) is 2.61. The van der Waals surface area contributed by atoms with E-state index < -0.39 is 5.97 Å². The Morgan fingerprint density at radius 2 is 1.80 bits per heavy atom. The van der Waals surface area contributed by atoms with Gasteiger partial charge in [0.25, 0.3) is 0 Å². The van der Waals surface area contributed by atoms with Crippen molar-refractivity contribution in [3.63, 3.8) is 0 Å². The number of amides is 2. The third kappa shape index (κ3) is 3.44. The molecule has 114 valence electrons. The number of hydrogen-bond acceptors (Lipinski definition) is 2. The third-order valence-corrected chi connectivity index (χ3v) is 5.06. The molecule has 0 radical (unpaired) electrons. The number of carbonyl (C=O) groups is 2. The molecule has 0 aromatic rings. The number of carbonyl (C=O) groups excluding carboxylic acids is 1. The van der Waals surface area contributed by atoms with Crippen LogP contribution in [0.2, 0.25) is 0 Å². The molecule has 2 amide bonds. The second kappa shape index (κ2) is 6.46. The van der Waals surface area contributed by atoms with Gasteiger partial charge in [0, 0.05) is 19.6 Å². The van der Waals surface area contributed by atoms with Crippen molar-refractivity contribution in [2.24, 2.45) is 5.41 Å². The van der Waals surface area contributed by atoms with Crippen molar-refractivity contribution < 1.29 is 14.7 Å². The van der Waals surface area contributed by atoms with Crippen LogP contribution in [0.5, 0.6) is 0 Å². The number of aliphatic carboxylic acids is 1. The van der Waals surface area contributed by atoms with Gasteiger partial charge in [0.2, 0.25) is 0 Å². The molecule has 0 aromatic carbocycles. The Morgan fingerprint density at radius 1 is 1.20 bits per heavy atom. The van der Waals surface area contributed by atoms with Crippen molar-refractivity contribution >= 4 is 12.0 Å². The fraction of sp³-hybridized carbons (Fsp3) is 0.867. The molecule has 5 heteroatoms. The Labute approximate surface area is 120 Å². The lowest BCUT2D eigenvalue weighted by Gasteiger charge is -2.42. The van der Waals surface area contributed by atoms with Crippen LogP contribution in [0.3, 0.4) is 0 Å². The molecular weight excluding hydrogens is 256 g/mol. The van der Waals surface area contributed by atoms with Crippen LogP contribution in [0, 0.1) is 5.41 Å². The van der Waals surface area contributed by atoms with E-state index in [4.69, 9.17) is 5.11 Å². The van der Waals surface area contributed by atoms with Gasteiger partial charge >= 0.3 is 12.0 Å². The summed E-state index contributed by atoms with van der Waals surface area (Å²) in [7, 11) is 1.67. The first-order valence-corrected chi connectivity index (χ1v) is 7.77. The van der Waals surface area contributed by atoms with Crippen molar-refractivity contribution in [1.29, 1.82) is 0 Å². The standard InChI is InChI=1S/C15H26N2O3/c1-17(11-7-13(18)19)14(20)16-12-6-2-3-8-15(12)9-4-5-10-15/h12H,2-11H2,1H3,(H,16,20)(H,18,19). The molecule has 0 aliphatic heterocycles. The molecule has 0 heterocycles.